The highest BCUT2D eigenvalue weighted by atomic mass is 16.7. The molecule has 5 atom stereocenters. The van der Waals surface area contributed by atoms with Crippen LogP contribution in [0.3, 0.4) is 0 Å². The molecular formula is C46H47N3O7. The van der Waals surface area contributed by atoms with Gasteiger partial charge >= 0.3 is 6.09 Å². The minimum Gasteiger partial charge on any atom is -0.445 e. The first-order valence-corrected chi connectivity index (χ1v) is 19.0. The third-order valence-electron chi connectivity index (χ3n) is 10.4. The molecule has 2 aliphatic rings. The average Bonchev–Trinajstić information content (AvgIpc) is 3.48. The number of benzene rings is 5. The van der Waals surface area contributed by atoms with Gasteiger partial charge < -0.3 is 24.6 Å². The zero-order chi connectivity index (χ0) is 39.0. The number of alkyl carbamates (subject to hydrolysis) is 1. The van der Waals surface area contributed by atoms with Gasteiger partial charge in [-0.2, -0.15) is 0 Å². The van der Waals surface area contributed by atoms with Crippen molar-refractivity contribution < 1.29 is 33.7 Å². The predicted molar refractivity (Wildman–Crippen MR) is 211 cm³/mol. The molecule has 5 aromatic rings. The van der Waals surface area contributed by atoms with Gasteiger partial charge in [-0.1, -0.05) is 128 Å². The Kier molecular flexibility index (Phi) is 12.3. The lowest BCUT2D eigenvalue weighted by molar-refractivity contribution is -0.276. The first kappa shape index (κ1) is 38.6. The quantitative estimate of drug-likeness (QED) is 0.120. The number of amides is 3. The second-order valence-electron chi connectivity index (χ2n) is 14.6. The van der Waals surface area contributed by atoms with Crippen molar-refractivity contribution in [1.29, 1.82) is 0 Å². The van der Waals surface area contributed by atoms with Gasteiger partial charge in [-0.05, 0) is 58.1 Å². The summed E-state index contributed by atoms with van der Waals surface area (Å²) in [5.74, 6) is -0.791. The fourth-order valence-corrected chi connectivity index (χ4v) is 7.36. The van der Waals surface area contributed by atoms with Crippen LogP contribution in [0.5, 0.6) is 0 Å². The van der Waals surface area contributed by atoms with Gasteiger partial charge in [-0.15, -0.1) is 0 Å². The highest BCUT2D eigenvalue weighted by Crippen LogP contribution is 2.42. The molecule has 7 rings (SSSR count). The van der Waals surface area contributed by atoms with Gasteiger partial charge in [-0.25, -0.2) is 4.79 Å². The van der Waals surface area contributed by atoms with Crippen molar-refractivity contribution in [3.63, 3.8) is 0 Å². The summed E-state index contributed by atoms with van der Waals surface area (Å²) in [6.07, 6.45) is -1.91. The van der Waals surface area contributed by atoms with E-state index in [0.29, 0.717) is 6.54 Å². The van der Waals surface area contributed by atoms with Crippen molar-refractivity contribution in [3.8, 4) is 11.1 Å². The zero-order valence-corrected chi connectivity index (χ0v) is 31.6. The SMILES string of the molecule is C[C@@H]1[C@H](CN(C)Cc2ccccc2)O[C@H](c2cccc(-c3cccc(CN4C(=O)CC(NC(=O)OCc5ccccc5)C4=O)c3)c2)O[C@@H]1c1ccc(CO)cc1. The molecule has 0 spiro atoms. The van der Waals surface area contributed by atoms with Gasteiger partial charge in [0, 0.05) is 24.6 Å². The van der Waals surface area contributed by atoms with Gasteiger partial charge in [0.1, 0.15) is 12.6 Å². The zero-order valence-electron chi connectivity index (χ0n) is 31.6. The van der Waals surface area contributed by atoms with E-state index in [1.54, 1.807) is 0 Å². The summed E-state index contributed by atoms with van der Waals surface area (Å²) >= 11 is 0. The van der Waals surface area contributed by atoms with Crippen LogP contribution in [0, 0.1) is 5.92 Å². The Labute approximate surface area is 327 Å². The van der Waals surface area contributed by atoms with Crippen LogP contribution in [0.25, 0.3) is 11.1 Å². The Morgan fingerprint density at radius 3 is 2.16 bits per heavy atom. The summed E-state index contributed by atoms with van der Waals surface area (Å²) in [7, 11) is 2.10. The van der Waals surface area contributed by atoms with E-state index in [0.717, 1.165) is 45.5 Å². The van der Waals surface area contributed by atoms with Crippen LogP contribution in [0.2, 0.25) is 0 Å². The van der Waals surface area contributed by atoms with Crippen LogP contribution in [-0.2, 0) is 50.1 Å². The van der Waals surface area contributed by atoms with Crippen molar-refractivity contribution in [1.82, 2.24) is 15.1 Å². The lowest BCUT2D eigenvalue weighted by atomic mass is 9.90. The number of aliphatic hydroxyl groups excluding tert-OH is 1. The van der Waals surface area contributed by atoms with Crippen molar-refractivity contribution in [3.05, 3.63) is 167 Å². The minimum atomic E-state index is -0.984. The number of hydrogen-bond donors (Lipinski definition) is 2. The van der Waals surface area contributed by atoms with E-state index >= 15 is 0 Å². The summed E-state index contributed by atoms with van der Waals surface area (Å²) in [5.41, 5.74) is 7.38. The molecule has 2 aliphatic heterocycles. The first-order chi connectivity index (χ1) is 27.2. The van der Waals surface area contributed by atoms with E-state index in [1.807, 2.05) is 103 Å². The number of imide groups is 1. The number of likely N-dealkylation sites (N-methyl/N-ethyl adjacent to an activating group) is 1. The largest absolute Gasteiger partial charge is 0.445 e. The molecule has 0 radical (unpaired) electrons. The van der Waals surface area contributed by atoms with E-state index < -0.39 is 24.3 Å². The van der Waals surface area contributed by atoms with Gasteiger partial charge in [0.25, 0.3) is 5.91 Å². The van der Waals surface area contributed by atoms with Crippen LogP contribution < -0.4 is 5.32 Å². The Hall–Kier alpha value is -5.65. The number of carbonyl (C=O) groups is 3. The molecule has 2 saturated heterocycles. The van der Waals surface area contributed by atoms with Crippen molar-refractivity contribution in [2.75, 3.05) is 13.6 Å². The molecule has 2 fully saturated rings. The third-order valence-corrected chi connectivity index (χ3v) is 10.4. The third kappa shape index (κ3) is 9.41. The Bertz CT molecular complexity index is 2110. The smallest absolute Gasteiger partial charge is 0.408 e. The number of hydrogen-bond acceptors (Lipinski definition) is 8. The molecule has 1 unspecified atom stereocenters. The van der Waals surface area contributed by atoms with E-state index in [9.17, 15) is 19.5 Å². The topological polar surface area (TPSA) is 118 Å². The number of likely N-dealkylation sites (tertiary alicyclic amines) is 1. The number of nitrogens with zero attached hydrogens (tertiary/aromatic N) is 2. The number of nitrogens with one attached hydrogen (secondary N) is 1. The van der Waals surface area contributed by atoms with Crippen LogP contribution in [-0.4, -0.2) is 58.6 Å². The maximum absolute atomic E-state index is 13.3. The summed E-state index contributed by atoms with van der Waals surface area (Å²) in [5, 5.41) is 12.2. The van der Waals surface area contributed by atoms with Gasteiger partial charge in [0.2, 0.25) is 5.91 Å². The van der Waals surface area contributed by atoms with E-state index in [2.05, 4.69) is 54.5 Å². The number of rotatable bonds is 13. The van der Waals surface area contributed by atoms with E-state index in [1.165, 1.54) is 10.5 Å². The normalized spacial score (nSPS) is 21.0. The summed E-state index contributed by atoms with van der Waals surface area (Å²) in [6.45, 7) is 3.75. The van der Waals surface area contributed by atoms with E-state index in [4.69, 9.17) is 14.2 Å². The second-order valence-corrected chi connectivity index (χ2v) is 14.6. The highest BCUT2D eigenvalue weighted by Gasteiger charge is 2.40. The fraction of sp³-hybridized carbons (Fsp3) is 0.283. The number of ether oxygens (including phenoxy) is 3. The summed E-state index contributed by atoms with van der Waals surface area (Å²) in [4.78, 5) is 42.2. The molecule has 288 valence electrons. The minimum absolute atomic E-state index is 0.0254. The Morgan fingerprint density at radius 2 is 1.45 bits per heavy atom. The maximum Gasteiger partial charge on any atom is 0.408 e. The average molecular weight is 754 g/mol. The van der Waals surface area contributed by atoms with Crippen molar-refractivity contribution in [2.24, 2.45) is 5.92 Å². The molecule has 10 nitrogen and oxygen atoms in total. The van der Waals surface area contributed by atoms with Gasteiger partial charge in [0.05, 0.1) is 31.8 Å². The fourth-order valence-electron chi connectivity index (χ4n) is 7.36. The lowest BCUT2D eigenvalue weighted by Gasteiger charge is -2.42. The molecular weight excluding hydrogens is 707 g/mol. The van der Waals surface area contributed by atoms with Crippen molar-refractivity contribution >= 4 is 17.9 Å². The van der Waals surface area contributed by atoms with Gasteiger partial charge in [0.15, 0.2) is 6.29 Å². The predicted octanol–water partition coefficient (Wildman–Crippen LogP) is 7.32. The number of aliphatic hydroxyl groups is 1. The van der Waals surface area contributed by atoms with Crippen LogP contribution >= 0.6 is 0 Å². The van der Waals surface area contributed by atoms with Crippen LogP contribution in [0.4, 0.5) is 4.79 Å². The molecule has 2 heterocycles. The first-order valence-electron chi connectivity index (χ1n) is 19.0. The molecule has 3 amide bonds. The highest BCUT2D eigenvalue weighted by molar-refractivity contribution is 6.06. The Morgan fingerprint density at radius 1 is 0.786 bits per heavy atom. The van der Waals surface area contributed by atoms with Gasteiger partial charge in [-0.3, -0.25) is 19.4 Å². The standard InChI is InChI=1S/C46H47N3O7/c1-31-41(28-48(2)26-32-11-5-3-6-12-32)55-45(56-43(31)36-21-19-33(29-50)20-22-36)39-18-10-17-38(24-39)37-16-9-15-35(23-37)27-49-42(51)25-40(44(49)52)47-46(53)54-30-34-13-7-4-8-14-34/h3-24,31,40-41,43,45,50H,25-30H2,1-2H3,(H,47,53)/t31-,40?,41+,43+,45+/m1/s1. The maximum atomic E-state index is 13.3. The molecule has 0 aromatic heterocycles. The molecule has 10 heteroatoms. The lowest BCUT2D eigenvalue weighted by Crippen LogP contribution is -2.43. The van der Waals surface area contributed by atoms with Crippen LogP contribution in [0.1, 0.15) is 59.1 Å². The summed E-state index contributed by atoms with van der Waals surface area (Å²) < 4.78 is 18.8. The Balaban J connectivity index is 1.05. The summed E-state index contributed by atoms with van der Waals surface area (Å²) in [6, 6.07) is 42.3. The molecule has 0 aliphatic carbocycles. The molecule has 5 aromatic carbocycles. The van der Waals surface area contributed by atoms with Crippen molar-refractivity contribution in [2.45, 2.75) is 64.2 Å². The molecule has 2 N–H and O–H groups in total. The molecule has 0 saturated carbocycles. The molecule has 0 bridgehead atoms. The molecule has 56 heavy (non-hydrogen) atoms. The second kappa shape index (κ2) is 17.9. The monoisotopic (exact) mass is 753 g/mol. The van der Waals surface area contributed by atoms with Crippen LogP contribution in [0.15, 0.2) is 133 Å². The van der Waals surface area contributed by atoms with E-state index in [-0.39, 0.29) is 50.2 Å². The number of carbonyl (C=O) groups excluding carboxylic acids is 3.